The highest BCUT2D eigenvalue weighted by molar-refractivity contribution is 6.05. The molecule has 6 rings (SSSR count). The van der Waals surface area contributed by atoms with Gasteiger partial charge in [-0.2, -0.15) is 0 Å². The van der Waals surface area contributed by atoms with Crippen molar-refractivity contribution in [1.29, 1.82) is 0 Å². The molecule has 0 bridgehead atoms. The topological polar surface area (TPSA) is 54.3 Å². The van der Waals surface area contributed by atoms with Gasteiger partial charge in [0.1, 0.15) is 6.54 Å². The summed E-state index contributed by atoms with van der Waals surface area (Å²) in [4.78, 5) is 28.6. The Kier molecular flexibility index (Phi) is 5.61. The fourth-order valence-electron chi connectivity index (χ4n) is 5.48. The van der Waals surface area contributed by atoms with E-state index in [9.17, 15) is 9.59 Å². The summed E-state index contributed by atoms with van der Waals surface area (Å²) in [7, 11) is 2.07. The zero-order valence-corrected chi connectivity index (χ0v) is 20.8. The molecule has 2 amide bonds. The molecule has 2 heterocycles. The fraction of sp³-hybridized carbons (Fsp3) is 0.125. The average Bonchev–Trinajstić information content (AvgIpc) is 3.36. The summed E-state index contributed by atoms with van der Waals surface area (Å²) in [6, 6.07) is 33.4. The molecule has 0 aliphatic carbocycles. The van der Waals surface area contributed by atoms with E-state index in [-0.39, 0.29) is 18.4 Å². The number of amides is 2. The van der Waals surface area contributed by atoms with Crippen LogP contribution in [0, 0.1) is 6.92 Å². The van der Waals surface area contributed by atoms with Crippen LogP contribution in [-0.2, 0) is 11.8 Å². The van der Waals surface area contributed by atoms with Crippen LogP contribution in [0.2, 0.25) is 0 Å². The minimum Gasteiger partial charge on any atom is -0.343 e. The van der Waals surface area contributed by atoms with E-state index in [1.807, 2.05) is 66.7 Å². The minimum atomic E-state index is -0.396. The van der Waals surface area contributed by atoms with Crippen LogP contribution in [0.5, 0.6) is 0 Å². The molecule has 5 nitrogen and oxygen atoms in total. The van der Waals surface area contributed by atoms with E-state index in [4.69, 9.17) is 0 Å². The Morgan fingerprint density at radius 3 is 2.30 bits per heavy atom. The monoisotopic (exact) mass is 485 g/mol. The number of rotatable bonds is 5. The van der Waals surface area contributed by atoms with Gasteiger partial charge in [-0.3, -0.25) is 9.59 Å². The first-order valence-electron chi connectivity index (χ1n) is 12.4. The van der Waals surface area contributed by atoms with Crippen LogP contribution in [0.3, 0.4) is 0 Å². The predicted octanol–water partition coefficient (Wildman–Crippen LogP) is 6.34. The van der Waals surface area contributed by atoms with Crippen LogP contribution in [0.1, 0.15) is 33.1 Å². The zero-order valence-electron chi connectivity index (χ0n) is 20.8. The number of anilines is 1. The highest BCUT2D eigenvalue weighted by atomic mass is 16.2. The van der Waals surface area contributed by atoms with E-state index in [1.165, 1.54) is 5.56 Å². The van der Waals surface area contributed by atoms with E-state index in [2.05, 4.69) is 60.3 Å². The van der Waals surface area contributed by atoms with Gasteiger partial charge >= 0.3 is 0 Å². The number of carbonyl (C=O) groups excluding carboxylic acids is 2. The summed E-state index contributed by atoms with van der Waals surface area (Å²) >= 11 is 0. The van der Waals surface area contributed by atoms with E-state index >= 15 is 0 Å². The minimum absolute atomic E-state index is 0.0520. The van der Waals surface area contributed by atoms with E-state index in [1.54, 1.807) is 4.90 Å². The molecule has 1 N–H and O–H groups in total. The number of para-hydroxylation sites is 2. The van der Waals surface area contributed by atoms with E-state index in [0.29, 0.717) is 11.3 Å². The van der Waals surface area contributed by atoms with Crippen molar-refractivity contribution in [3.8, 4) is 11.3 Å². The van der Waals surface area contributed by atoms with Gasteiger partial charge in [0.05, 0.1) is 11.7 Å². The molecule has 5 aromatic rings. The quantitative estimate of drug-likeness (QED) is 0.316. The molecule has 1 aliphatic rings. The maximum Gasteiger partial charge on any atom is 0.255 e. The number of nitrogens with one attached hydrogen (secondary N) is 1. The number of hydrogen-bond donors (Lipinski definition) is 1. The van der Waals surface area contributed by atoms with Gasteiger partial charge in [0.25, 0.3) is 5.91 Å². The molecular formula is C32H27N3O2. The second-order valence-corrected chi connectivity index (χ2v) is 9.54. The summed E-state index contributed by atoms with van der Waals surface area (Å²) in [6.07, 6.45) is 0. The van der Waals surface area contributed by atoms with Crippen LogP contribution in [0.4, 0.5) is 5.69 Å². The van der Waals surface area contributed by atoms with Gasteiger partial charge in [-0.25, -0.2) is 0 Å². The SMILES string of the molecule is Cc1ccc(-c2c(C3c4ccccc4C(=O)N3CC(=O)Nc3ccccc3)c3ccccc3n2C)cc1. The highest BCUT2D eigenvalue weighted by Crippen LogP contribution is 2.46. The molecule has 0 spiro atoms. The Morgan fingerprint density at radius 2 is 1.51 bits per heavy atom. The van der Waals surface area contributed by atoms with Crippen molar-refractivity contribution in [2.24, 2.45) is 7.05 Å². The number of nitrogens with zero attached hydrogens (tertiary/aromatic N) is 2. The molecule has 1 unspecified atom stereocenters. The van der Waals surface area contributed by atoms with Crippen molar-refractivity contribution in [1.82, 2.24) is 9.47 Å². The van der Waals surface area contributed by atoms with Crippen LogP contribution >= 0.6 is 0 Å². The number of benzene rings is 4. The van der Waals surface area contributed by atoms with Crippen LogP contribution in [-0.4, -0.2) is 27.8 Å². The molecule has 0 saturated heterocycles. The summed E-state index contributed by atoms with van der Waals surface area (Å²) in [5.74, 6) is -0.360. The molecule has 1 aromatic heterocycles. The van der Waals surface area contributed by atoms with Crippen molar-refractivity contribution < 1.29 is 9.59 Å². The van der Waals surface area contributed by atoms with Gasteiger partial charge in [-0.05, 0) is 42.3 Å². The first-order chi connectivity index (χ1) is 18.0. The lowest BCUT2D eigenvalue weighted by Crippen LogP contribution is -2.36. The van der Waals surface area contributed by atoms with Gasteiger partial charge in [0, 0.05) is 34.8 Å². The first-order valence-corrected chi connectivity index (χ1v) is 12.4. The third-order valence-corrected chi connectivity index (χ3v) is 7.17. The highest BCUT2D eigenvalue weighted by Gasteiger charge is 2.41. The molecule has 0 fully saturated rings. The van der Waals surface area contributed by atoms with Gasteiger partial charge < -0.3 is 14.8 Å². The van der Waals surface area contributed by atoms with Crippen molar-refractivity contribution >= 4 is 28.4 Å². The second kappa shape index (κ2) is 9.10. The van der Waals surface area contributed by atoms with E-state index in [0.717, 1.165) is 33.3 Å². The van der Waals surface area contributed by atoms with Gasteiger partial charge in [-0.1, -0.05) is 84.4 Å². The number of aromatic nitrogens is 1. The summed E-state index contributed by atoms with van der Waals surface area (Å²) in [5, 5.41) is 4.02. The smallest absolute Gasteiger partial charge is 0.255 e. The molecule has 182 valence electrons. The number of aryl methyl sites for hydroxylation is 2. The first kappa shape index (κ1) is 22.8. The number of fused-ring (bicyclic) bond motifs is 2. The van der Waals surface area contributed by atoms with Crippen LogP contribution in [0.25, 0.3) is 22.2 Å². The van der Waals surface area contributed by atoms with Gasteiger partial charge in [-0.15, -0.1) is 0 Å². The molecular weight excluding hydrogens is 458 g/mol. The van der Waals surface area contributed by atoms with Gasteiger partial charge in [0.2, 0.25) is 5.91 Å². The van der Waals surface area contributed by atoms with Crippen molar-refractivity contribution in [3.05, 3.63) is 125 Å². The lowest BCUT2D eigenvalue weighted by atomic mass is 9.93. The summed E-state index contributed by atoms with van der Waals surface area (Å²) < 4.78 is 2.20. The lowest BCUT2D eigenvalue weighted by Gasteiger charge is -2.26. The molecule has 4 aromatic carbocycles. The standard InChI is InChI=1S/C32H27N3O2/c1-21-16-18-22(19-17-21)30-29(26-14-8-9-15-27(26)34(30)2)31-24-12-6-7-13-25(24)32(37)35(31)20-28(36)33-23-10-4-3-5-11-23/h3-19,31H,20H2,1-2H3,(H,33,36). The molecule has 1 atom stereocenters. The molecule has 0 radical (unpaired) electrons. The third-order valence-electron chi connectivity index (χ3n) is 7.17. The van der Waals surface area contributed by atoms with Crippen molar-refractivity contribution in [2.45, 2.75) is 13.0 Å². The average molecular weight is 486 g/mol. The Bertz CT molecular complexity index is 1630. The molecule has 5 heteroatoms. The molecule has 1 aliphatic heterocycles. The fourth-order valence-corrected chi connectivity index (χ4v) is 5.48. The molecule has 0 saturated carbocycles. The Balaban J connectivity index is 1.52. The summed E-state index contributed by atoms with van der Waals surface area (Å²) in [6.45, 7) is 2.02. The maximum absolute atomic E-state index is 13.7. The third kappa shape index (κ3) is 3.89. The zero-order chi connectivity index (χ0) is 25.5. The van der Waals surface area contributed by atoms with Crippen molar-refractivity contribution in [3.63, 3.8) is 0 Å². The lowest BCUT2D eigenvalue weighted by molar-refractivity contribution is -0.117. The van der Waals surface area contributed by atoms with Gasteiger partial charge in [0.15, 0.2) is 0 Å². The second-order valence-electron chi connectivity index (χ2n) is 9.54. The maximum atomic E-state index is 13.7. The Labute approximate surface area is 216 Å². The normalized spacial score (nSPS) is 14.7. The summed E-state index contributed by atoms with van der Waals surface area (Å²) in [5.41, 5.74) is 7.69. The number of carbonyl (C=O) groups is 2. The van der Waals surface area contributed by atoms with E-state index < -0.39 is 6.04 Å². The molecule has 37 heavy (non-hydrogen) atoms. The largest absolute Gasteiger partial charge is 0.343 e. The Morgan fingerprint density at radius 1 is 0.838 bits per heavy atom. The Hall–Kier alpha value is -4.64. The predicted molar refractivity (Wildman–Crippen MR) is 147 cm³/mol. The van der Waals surface area contributed by atoms with Crippen LogP contribution in [0.15, 0.2) is 103 Å². The van der Waals surface area contributed by atoms with Crippen molar-refractivity contribution in [2.75, 3.05) is 11.9 Å². The number of hydrogen-bond acceptors (Lipinski definition) is 2. The van der Waals surface area contributed by atoms with Crippen LogP contribution < -0.4 is 5.32 Å².